The third-order valence-corrected chi connectivity index (χ3v) is 4.11. The van der Waals surface area contributed by atoms with Crippen molar-refractivity contribution in [1.29, 1.82) is 0 Å². The minimum absolute atomic E-state index is 0.365. The Kier molecular flexibility index (Phi) is 3.13. The zero-order valence-electron chi connectivity index (χ0n) is 9.42. The van der Waals surface area contributed by atoms with Crippen molar-refractivity contribution in [2.75, 3.05) is 27.4 Å². The highest BCUT2D eigenvalue weighted by Crippen LogP contribution is 2.53. The molecule has 0 spiro atoms. The van der Waals surface area contributed by atoms with Gasteiger partial charge in [0, 0.05) is 19.6 Å². The average molecular weight is 198 g/mol. The molecule has 0 aromatic rings. The Labute approximate surface area is 87.0 Å². The molecule has 0 aliphatic heterocycles. The highest BCUT2D eigenvalue weighted by atomic mass is 16.5. The lowest BCUT2D eigenvalue weighted by atomic mass is 9.55. The maximum absolute atomic E-state index is 5.30. The molecule has 2 heteroatoms. The molecular formula is C12H22O2. The molecule has 2 aliphatic rings. The van der Waals surface area contributed by atoms with Gasteiger partial charge in [-0.25, -0.2) is 0 Å². The summed E-state index contributed by atoms with van der Waals surface area (Å²) in [6.07, 6.45) is 7.07. The topological polar surface area (TPSA) is 18.5 Å². The van der Waals surface area contributed by atoms with E-state index in [1.807, 2.05) is 0 Å². The summed E-state index contributed by atoms with van der Waals surface area (Å²) in [7, 11) is 3.60. The summed E-state index contributed by atoms with van der Waals surface area (Å²) in [5.74, 6) is 2.02. The molecule has 14 heavy (non-hydrogen) atoms. The van der Waals surface area contributed by atoms with Gasteiger partial charge in [-0.05, 0) is 24.7 Å². The number of ether oxygens (including phenoxy) is 2. The molecule has 0 unspecified atom stereocenters. The molecule has 2 aliphatic carbocycles. The second-order valence-electron chi connectivity index (χ2n) is 5.23. The van der Waals surface area contributed by atoms with E-state index in [-0.39, 0.29) is 0 Å². The lowest BCUT2D eigenvalue weighted by Crippen LogP contribution is -2.48. The van der Waals surface area contributed by atoms with Crippen LogP contribution < -0.4 is 0 Å². The van der Waals surface area contributed by atoms with E-state index < -0.39 is 0 Å². The van der Waals surface area contributed by atoms with Gasteiger partial charge in [-0.15, -0.1) is 0 Å². The van der Waals surface area contributed by atoms with E-state index in [2.05, 4.69) is 0 Å². The van der Waals surface area contributed by atoms with Crippen molar-refractivity contribution < 1.29 is 9.47 Å². The van der Waals surface area contributed by atoms with Crippen molar-refractivity contribution in [3.63, 3.8) is 0 Å². The van der Waals surface area contributed by atoms with E-state index >= 15 is 0 Å². The van der Waals surface area contributed by atoms with Gasteiger partial charge in [-0.1, -0.05) is 19.3 Å². The summed E-state index contributed by atoms with van der Waals surface area (Å²) in [5, 5.41) is 0. The van der Waals surface area contributed by atoms with Crippen molar-refractivity contribution in [1.82, 2.24) is 0 Å². The van der Waals surface area contributed by atoms with Crippen LogP contribution in [0, 0.1) is 17.3 Å². The summed E-state index contributed by atoms with van der Waals surface area (Å²) in [6, 6.07) is 0. The van der Waals surface area contributed by atoms with Gasteiger partial charge in [-0.2, -0.15) is 0 Å². The Hall–Kier alpha value is -0.0800. The third kappa shape index (κ3) is 1.82. The zero-order chi connectivity index (χ0) is 10.0. The summed E-state index contributed by atoms with van der Waals surface area (Å²) >= 11 is 0. The van der Waals surface area contributed by atoms with E-state index in [1.54, 1.807) is 14.2 Å². The molecule has 0 radical (unpaired) electrons. The van der Waals surface area contributed by atoms with Crippen LogP contribution in [0.2, 0.25) is 0 Å². The van der Waals surface area contributed by atoms with Gasteiger partial charge >= 0.3 is 0 Å². The van der Waals surface area contributed by atoms with Crippen LogP contribution in [0.5, 0.6) is 0 Å². The Balaban J connectivity index is 1.79. The van der Waals surface area contributed by atoms with Crippen LogP contribution >= 0.6 is 0 Å². The minimum atomic E-state index is 0.365. The fraction of sp³-hybridized carbons (Fsp3) is 1.00. The van der Waals surface area contributed by atoms with Gasteiger partial charge < -0.3 is 9.47 Å². The summed E-state index contributed by atoms with van der Waals surface area (Å²) in [6.45, 7) is 1.76. The zero-order valence-corrected chi connectivity index (χ0v) is 9.42. The van der Waals surface area contributed by atoms with Crippen LogP contribution in [0.4, 0.5) is 0 Å². The Morgan fingerprint density at radius 3 is 1.93 bits per heavy atom. The normalized spacial score (nSPS) is 27.0. The van der Waals surface area contributed by atoms with Crippen LogP contribution in [0.25, 0.3) is 0 Å². The highest BCUT2D eigenvalue weighted by molar-refractivity contribution is 4.97. The van der Waals surface area contributed by atoms with Crippen molar-refractivity contribution in [3.05, 3.63) is 0 Å². The molecule has 0 aromatic heterocycles. The van der Waals surface area contributed by atoms with Gasteiger partial charge in [-0.3, -0.25) is 0 Å². The SMILES string of the molecule is COCC1(COC)CC(C2CCC2)C1. The fourth-order valence-electron chi connectivity index (χ4n) is 3.19. The smallest absolute Gasteiger partial charge is 0.0540 e. The van der Waals surface area contributed by atoms with Crippen LogP contribution in [0.15, 0.2) is 0 Å². The van der Waals surface area contributed by atoms with Crippen LogP contribution in [0.1, 0.15) is 32.1 Å². The Morgan fingerprint density at radius 2 is 1.57 bits per heavy atom. The number of hydrogen-bond acceptors (Lipinski definition) is 2. The Bertz CT molecular complexity index is 173. The first kappa shape index (κ1) is 10.4. The van der Waals surface area contributed by atoms with Crippen LogP contribution in [-0.4, -0.2) is 27.4 Å². The lowest BCUT2D eigenvalue weighted by Gasteiger charge is -2.52. The molecule has 0 amide bonds. The molecule has 0 heterocycles. The molecule has 0 N–H and O–H groups in total. The fourth-order valence-corrected chi connectivity index (χ4v) is 3.19. The minimum Gasteiger partial charge on any atom is -0.384 e. The van der Waals surface area contributed by atoms with Crippen LogP contribution in [0.3, 0.4) is 0 Å². The highest BCUT2D eigenvalue weighted by Gasteiger charge is 2.48. The van der Waals surface area contributed by atoms with Crippen molar-refractivity contribution in [2.24, 2.45) is 17.3 Å². The monoisotopic (exact) mass is 198 g/mol. The third-order valence-electron chi connectivity index (χ3n) is 4.11. The largest absolute Gasteiger partial charge is 0.384 e. The van der Waals surface area contributed by atoms with Gasteiger partial charge in [0.1, 0.15) is 0 Å². The van der Waals surface area contributed by atoms with Gasteiger partial charge in [0.2, 0.25) is 0 Å². The Morgan fingerprint density at radius 1 is 1.00 bits per heavy atom. The molecule has 0 aromatic carbocycles. The number of hydrogen-bond donors (Lipinski definition) is 0. The van der Waals surface area contributed by atoms with E-state index in [0.29, 0.717) is 5.41 Å². The molecule has 2 nitrogen and oxygen atoms in total. The molecular weight excluding hydrogens is 176 g/mol. The van der Waals surface area contributed by atoms with E-state index in [9.17, 15) is 0 Å². The predicted octanol–water partition coefficient (Wildman–Crippen LogP) is 2.48. The van der Waals surface area contributed by atoms with E-state index in [1.165, 1.54) is 32.1 Å². The average Bonchev–Trinajstić information content (AvgIpc) is 1.99. The molecule has 0 atom stereocenters. The molecule has 2 fully saturated rings. The first-order valence-electron chi connectivity index (χ1n) is 5.77. The molecule has 2 rings (SSSR count). The summed E-state index contributed by atoms with van der Waals surface area (Å²) in [5.41, 5.74) is 0.365. The van der Waals surface area contributed by atoms with Gasteiger partial charge in [0.05, 0.1) is 13.2 Å². The van der Waals surface area contributed by atoms with Gasteiger partial charge in [0.25, 0.3) is 0 Å². The van der Waals surface area contributed by atoms with Crippen molar-refractivity contribution in [2.45, 2.75) is 32.1 Å². The second kappa shape index (κ2) is 4.19. The standard InChI is InChI=1S/C12H22O2/c1-13-8-12(9-14-2)6-11(7-12)10-4-3-5-10/h10-11H,3-9H2,1-2H3. The van der Waals surface area contributed by atoms with E-state index in [4.69, 9.17) is 9.47 Å². The second-order valence-corrected chi connectivity index (χ2v) is 5.23. The maximum Gasteiger partial charge on any atom is 0.0540 e. The van der Waals surface area contributed by atoms with Crippen molar-refractivity contribution in [3.8, 4) is 0 Å². The number of methoxy groups -OCH3 is 2. The maximum atomic E-state index is 5.30. The van der Waals surface area contributed by atoms with Gasteiger partial charge in [0.15, 0.2) is 0 Å². The predicted molar refractivity (Wildman–Crippen MR) is 56.3 cm³/mol. The van der Waals surface area contributed by atoms with Crippen LogP contribution in [-0.2, 0) is 9.47 Å². The van der Waals surface area contributed by atoms with E-state index in [0.717, 1.165) is 25.0 Å². The number of rotatable bonds is 5. The molecule has 0 saturated heterocycles. The lowest BCUT2D eigenvalue weighted by molar-refractivity contribution is -0.0976. The molecule has 82 valence electrons. The first-order valence-corrected chi connectivity index (χ1v) is 5.77. The first-order chi connectivity index (χ1) is 6.79. The molecule has 2 saturated carbocycles. The quantitative estimate of drug-likeness (QED) is 0.675. The van der Waals surface area contributed by atoms with Crippen molar-refractivity contribution >= 4 is 0 Å². The summed E-state index contributed by atoms with van der Waals surface area (Å²) in [4.78, 5) is 0. The summed E-state index contributed by atoms with van der Waals surface area (Å²) < 4.78 is 10.6. The molecule has 0 bridgehead atoms.